The number of unbranched alkanes of at least 4 members (excludes halogenated alkanes) is 44. The molecule has 0 aliphatic heterocycles. The van der Waals surface area contributed by atoms with Crippen LogP contribution in [0.4, 0.5) is 0 Å². The van der Waals surface area contributed by atoms with Gasteiger partial charge in [-0.1, -0.05) is 195 Å². The van der Waals surface area contributed by atoms with Crippen LogP contribution in [0.3, 0.4) is 0 Å². The van der Waals surface area contributed by atoms with Crippen LogP contribution < -0.4 is 0 Å². The van der Waals surface area contributed by atoms with Crippen LogP contribution in [0.2, 0.25) is 39.5 Å². The maximum absolute atomic E-state index is 12.5. The van der Waals surface area contributed by atoms with E-state index in [-0.39, 0.29) is 36.3 Å². The van der Waals surface area contributed by atoms with Gasteiger partial charge in [0.25, 0.3) is 0 Å². The van der Waals surface area contributed by atoms with Crippen LogP contribution in [0.1, 0.15) is 395 Å². The van der Waals surface area contributed by atoms with Crippen LogP contribution in [0.15, 0.2) is 48.6 Å². The molecule has 0 atom stereocenters. The number of carbonyl (C=O) groups excluding carboxylic acids is 3. The number of aliphatic carboxylic acids is 1. The van der Waals surface area contributed by atoms with E-state index in [1.54, 1.807) is 0 Å². The average molecular weight is 1810 g/mol. The molecule has 0 fully saturated rings. The van der Waals surface area contributed by atoms with Crippen LogP contribution in [-0.2, 0) is 32.9 Å². The van der Waals surface area contributed by atoms with Gasteiger partial charge < -0.3 is 16.1 Å². The van der Waals surface area contributed by atoms with Crippen molar-refractivity contribution >= 4 is 102 Å². The second-order valence-corrected chi connectivity index (χ2v) is 60.5. The summed E-state index contributed by atoms with van der Waals surface area (Å²) in [4.78, 5) is 62.4. The van der Waals surface area contributed by atoms with Crippen molar-refractivity contribution in [3.05, 3.63) is 48.6 Å². The van der Waals surface area contributed by atoms with E-state index in [0.717, 1.165) is 57.8 Å². The van der Waals surface area contributed by atoms with Crippen LogP contribution in [-0.4, -0.2) is 118 Å². The number of allylic oxidation sites excluding steroid dienone is 8. The molecular weight excluding hydrogens is 1640 g/mol. The molecular formula is C81H165O12Sn4. The summed E-state index contributed by atoms with van der Waals surface area (Å²) in [7, 11) is 0. The third-order valence-electron chi connectivity index (χ3n) is 16.1. The average Bonchev–Trinajstić information content (AvgIpc) is 0.932. The standard InChI is InChI=1S/4C18H34O2.CH4.8CH3.2H2O.2O.4Sn/c4*1-2-3-4-5-6-7-8-9-10-11-12-13-14-15-16-17-18(19)20;;;;;;;;;;;;;;;;;/h4*9-10H,2-8,11-17H2,1H3,(H,19,20);1H4;8*1H3;2*1H2;;;;;;/q;;;;;;;;;;;;;;;;;;3*+1/p-3/b4*10-9-;;;;;;;;;;;;;;;;;. The quantitative estimate of drug-likeness (QED) is 0.0346. The van der Waals surface area contributed by atoms with Gasteiger partial charge in [0.1, 0.15) is 0 Å². The monoisotopic (exact) mass is 1810 g/mol. The predicted molar refractivity (Wildman–Crippen MR) is 429 cm³/mol. The summed E-state index contributed by atoms with van der Waals surface area (Å²) in [5.41, 5.74) is 0. The Morgan fingerprint density at radius 2 is 0.485 bits per heavy atom. The van der Waals surface area contributed by atoms with Gasteiger partial charge in [0.15, 0.2) is 0 Å². The molecule has 16 heteroatoms. The molecule has 0 aliphatic rings. The van der Waals surface area contributed by atoms with Crippen LogP contribution in [0, 0.1) is 0 Å². The first-order valence-electron chi connectivity index (χ1n) is 39.7. The summed E-state index contributed by atoms with van der Waals surface area (Å²) >= 11 is -10.5. The molecule has 577 valence electrons. The normalized spacial score (nSPS) is 11.3. The first kappa shape index (κ1) is 110. The molecule has 0 aromatic carbocycles. The molecule has 0 heterocycles. The van der Waals surface area contributed by atoms with Gasteiger partial charge >= 0.3 is 360 Å². The molecule has 12 nitrogen and oxygen atoms in total. The van der Waals surface area contributed by atoms with E-state index >= 15 is 0 Å². The maximum atomic E-state index is 12.5. The Labute approximate surface area is 628 Å². The number of carboxylic acid groups (broad SMARTS) is 1. The molecule has 0 amide bonds. The van der Waals surface area contributed by atoms with Gasteiger partial charge in [-0.3, -0.25) is 4.79 Å². The van der Waals surface area contributed by atoms with Crippen LogP contribution >= 0.6 is 0 Å². The molecule has 0 aromatic rings. The van der Waals surface area contributed by atoms with Crippen molar-refractivity contribution in [1.29, 1.82) is 0 Å². The van der Waals surface area contributed by atoms with Gasteiger partial charge in [0.2, 0.25) is 0 Å². The van der Waals surface area contributed by atoms with Gasteiger partial charge in [0, 0.05) is 6.42 Å². The fourth-order valence-electron chi connectivity index (χ4n) is 10.9. The number of hydrogen-bond acceptors (Lipinski definition) is 9. The van der Waals surface area contributed by atoms with Gasteiger partial charge in [-0.15, -0.1) is 0 Å². The fourth-order valence-corrected chi connectivity index (χ4v) is 44.1. The van der Waals surface area contributed by atoms with Crippen LogP contribution in [0.25, 0.3) is 0 Å². The Kier molecular flexibility index (Phi) is 102. The summed E-state index contributed by atoms with van der Waals surface area (Å²) in [6, 6.07) is 0. The van der Waals surface area contributed by atoms with E-state index in [1.807, 2.05) is 29.6 Å². The summed E-state index contributed by atoms with van der Waals surface area (Å²) in [6.07, 6.45) is 85.9. The molecule has 0 saturated heterocycles. The zero-order chi connectivity index (χ0) is 70.5. The molecule has 0 bridgehead atoms. The van der Waals surface area contributed by atoms with E-state index in [4.69, 9.17) is 15.7 Å². The topological polar surface area (TPSA) is 206 Å². The summed E-state index contributed by atoms with van der Waals surface area (Å²) < 4.78 is 33.1. The number of rotatable bonds is 65. The molecule has 0 rings (SSSR count). The fraction of sp³-hybridized carbons (Fsp3) is 0.852. The zero-order valence-corrected chi connectivity index (χ0v) is 76.8. The molecule has 0 saturated carbocycles. The zero-order valence-electron chi connectivity index (χ0n) is 65.3. The van der Waals surface area contributed by atoms with Gasteiger partial charge in [-0.25, -0.2) is 0 Å². The predicted octanol–water partition coefficient (Wildman–Crippen LogP) is 26.1. The minimum atomic E-state index is -3.53. The molecule has 0 spiro atoms. The Hall–Kier alpha value is -0.285. The number of carboxylic acids is 1. The summed E-state index contributed by atoms with van der Waals surface area (Å²) in [6.45, 7) is 9.06. The van der Waals surface area contributed by atoms with Gasteiger partial charge in [-0.2, -0.15) is 0 Å². The van der Waals surface area contributed by atoms with E-state index in [1.165, 1.54) is 276 Å². The van der Waals surface area contributed by atoms with Crippen molar-refractivity contribution in [3.63, 3.8) is 0 Å². The first-order valence-corrected chi connectivity index (χ1v) is 69.5. The van der Waals surface area contributed by atoms with Crippen molar-refractivity contribution in [1.82, 2.24) is 0 Å². The SMILES string of the molecule is C.CCCCCCCC/C=C\CCCCCCCC(=O)O.CCCCCCCC/C=C\CCCCCCCC(=O)[O][Sn]([CH3])([CH3])[O][Sn]([CH3])([CH3])[O]C(=O)CCCCCCC/C=C\CCCCCCCC.CCCCCCCC/C=C\CCCCCCCC(=O)[O][Sn]([CH3])[CH3].O.O.[CH3][Sn]([CH3])=[O]. The van der Waals surface area contributed by atoms with Crippen molar-refractivity contribution in [3.8, 4) is 0 Å². The summed E-state index contributed by atoms with van der Waals surface area (Å²) in [5, 5.41) is 8.51. The molecule has 97 heavy (non-hydrogen) atoms. The Balaban J connectivity index is -0.000000269. The van der Waals surface area contributed by atoms with Crippen molar-refractivity contribution in [2.45, 2.75) is 434 Å². The van der Waals surface area contributed by atoms with E-state index < -0.39 is 84.3 Å². The van der Waals surface area contributed by atoms with E-state index in [0.29, 0.717) is 25.7 Å². The Morgan fingerprint density at radius 1 is 0.309 bits per heavy atom. The number of carbonyl (C=O) groups is 4. The Morgan fingerprint density at radius 3 is 0.680 bits per heavy atom. The first-order chi connectivity index (χ1) is 45.3. The molecule has 5 N–H and O–H groups in total. The van der Waals surface area contributed by atoms with Crippen molar-refractivity contribution < 1.29 is 48.9 Å². The second kappa shape index (κ2) is 89.9. The molecule has 0 aliphatic carbocycles. The van der Waals surface area contributed by atoms with Gasteiger partial charge in [0.05, 0.1) is 0 Å². The van der Waals surface area contributed by atoms with Crippen molar-refractivity contribution in [2.24, 2.45) is 0 Å². The van der Waals surface area contributed by atoms with Gasteiger partial charge in [-0.05, 0) is 51.4 Å². The van der Waals surface area contributed by atoms with Crippen LogP contribution in [0.5, 0.6) is 0 Å². The van der Waals surface area contributed by atoms with E-state index in [9.17, 15) is 22.3 Å². The third-order valence-corrected chi connectivity index (χ3v) is 43.7. The number of hydrogen-bond donors (Lipinski definition) is 1. The van der Waals surface area contributed by atoms with Crippen molar-refractivity contribution in [2.75, 3.05) is 0 Å². The minimum absolute atomic E-state index is 0. The third kappa shape index (κ3) is 109. The molecule has 1 radical (unpaired) electrons. The molecule has 0 unspecified atom stereocenters. The summed E-state index contributed by atoms with van der Waals surface area (Å²) in [5.74, 6) is -0.917. The second-order valence-electron chi connectivity index (χ2n) is 27.9. The Bertz CT molecular complexity index is 1700. The van der Waals surface area contributed by atoms with E-state index in [2.05, 4.69) is 86.2 Å². The molecule has 0 aromatic heterocycles.